The summed E-state index contributed by atoms with van der Waals surface area (Å²) in [6.45, 7) is 4.71. The van der Waals surface area contributed by atoms with Gasteiger partial charge in [-0.05, 0) is 11.6 Å². The van der Waals surface area contributed by atoms with Crippen molar-refractivity contribution in [2.75, 3.05) is 12.8 Å². The molecule has 1 aromatic carbocycles. The van der Waals surface area contributed by atoms with Gasteiger partial charge in [-0.2, -0.15) is 0 Å². The van der Waals surface area contributed by atoms with E-state index < -0.39 is 5.97 Å². The van der Waals surface area contributed by atoms with Gasteiger partial charge in [-0.3, -0.25) is 0 Å². The van der Waals surface area contributed by atoms with Crippen molar-refractivity contribution in [3.63, 3.8) is 0 Å². The van der Waals surface area contributed by atoms with E-state index in [2.05, 4.69) is 18.8 Å². The van der Waals surface area contributed by atoms with Crippen LogP contribution < -0.4 is 5.73 Å². The van der Waals surface area contributed by atoms with Gasteiger partial charge in [0, 0.05) is 30.5 Å². The first-order chi connectivity index (χ1) is 9.54. The van der Waals surface area contributed by atoms with Crippen LogP contribution in [0.15, 0.2) is 30.6 Å². The number of hydrogen-bond donors (Lipinski definition) is 1. The van der Waals surface area contributed by atoms with Crippen molar-refractivity contribution in [3.8, 4) is 0 Å². The average molecular weight is 273 g/mol. The maximum atomic E-state index is 11.9. The number of ether oxygens (including phenoxy) is 1. The number of anilines is 1. The Morgan fingerprint density at radius 1 is 1.45 bits per heavy atom. The summed E-state index contributed by atoms with van der Waals surface area (Å²) < 4.78 is 6.83. The Labute approximate surface area is 118 Å². The summed E-state index contributed by atoms with van der Waals surface area (Å²) in [5.41, 5.74) is 7.59. The van der Waals surface area contributed by atoms with Crippen molar-refractivity contribution >= 4 is 11.7 Å². The van der Waals surface area contributed by atoms with Crippen LogP contribution in [0.2, 0.25) is 0 Å². The molecule has 0 spiro atoms. The number of nitrogens with two attached hydrogens (primary N) is 1. The van der Waals surface area contributed by atoms with E-state index in [0.717, 1.165) is 11.4 Å². The van der Waals surface area contributed by atoms with Gasteiger partial charge in [-0.1, -0.05) is 26.0 Å². The summed E-state index contributed by atoms with van der Waals surface area (Å²) >= 11 is 0. The molecule has 0 aliphatic carbocycles. The molecule has 1 heterocycles. The zero-order valence-corrected chi connectivity index (χ0v) is 12.0. The van der Waals surface area contributed by atoms with E-state index >= 15 is 0 Å². The second-order valence-electron chi connectivity index (χ2n) is 4.94. The average Bonchev–Trinajstić information content (AvgIpc) is 2.86. The van der Waals surface area contributed by atoms with Crippen LogP contribution in [0.3, 0.4) is 0 Å². The van der Waals surface area contributed by atoms with E-state index in [1.807, 2.05) is 22.9 Å². The highest BCUT2D eigenvalue weighted by molar-refractivity contribution is 5.96. The van der Waals surface area contributed by atoms with Crippen molar-refractivity contribution in [1.29, 1.82) is 0 Å². The number of carbonyl (C=O) groups excluding carboxylic acids is 1. The largest absolute Gasteiger partial charge is 0.465 e. The lowest BCUT2D eigenvalue weighted by Gasteiger charge is -2.14. The molecule has 106 valence electrons. The second-order valence-corrected chi connectivity index (χ2v) is 4.94. The molecule has 0 bridgehead atoms. The molecule has 20 heavy (non-hydrogen) atoms. The molecule has 0 unspecified atom stereocenters. The topological polar surface area (TPSA) is 70.1 Å². The van der Waals surface area contributed by atoms with Crippen molar-refractivity contribution in [2.45, 2.75) is 26.3 Å². The zero-order chi connectivity index (χ0) is 14.7. The minimum absolute atomic E-state index is 0.313. The fourth-order valence-corrected chi connectivity index (χ4v) is 2.24. The molecule has 1 aromatic heterocycles. The van der Waals surface area contributed by atoms with Crippen molar-refractivity contribution in [3.05, 3.63) is 47.5 Å². The Kier molecular flexibility index (Phi) is 4.08. The van der Waals surface area contributed by atoms with Crippen LogP contribution in [0, 0.1) is 0 Å². The lowest BCUT2D eigenvalue weighted by Crippen LogP contribution is -2.13. The molecule has 0 amide bonds. The highest BCUT2D eigenvalue weighted by atomic mass is 16.5. The number of imidazole rings is 1. The summed E-state index contributed by atoms with van der Waals surface area (Å²) in [4.78, 5) is 16.2. The fraction of sp³-hybridized carbons (Fsp3) is 0.333. The Morgan fingerprint density at radius 3 is 2.85 bits per heavy atom. The molecule has 5 heteroatoms. The third-order valence-electron chi connectivity index (χ3n) is 3.18. The predicted molar refractivity (Wildman–Crippen MR) is 77.6 cm³/mol. The number of aromatic nitrogens is 2. The van der Waals surface area contributed by atoms with Crippen molar-refractivity contribution < 1.29 is 9.53 Å². The van der Waals surface area contributed by atoms with Gasteiger partial charge in [0.25, 0.3) is 0 Å². The Hall–Kier alpha value is -2.30. The molecule has 2 N–H and O–H groups in total. The summed E-state index contributed by atoms with van der Waals surface area (Å²) in [6, 6.07) is 5.42. The normalized spacial score (nSPS) is 10.8. The van der Waals surface area contributed by atoms with Crippen LogP contribution in [-0.2, 0) is 11.3 Å². The van der Waals surface area contributed by atoms with Crippen LogP contribution in [0.5, 0.6) is 0 Å². The number of rotatable bonds is 4. The Balaban J connectivity index is 2.41. The monoisotopic (exact) mass is 273 g/mol. The van der Waals surface area contributed by atoms with E-state index in [4.69, 9.17) is 10.5 Å². The number of nitrogens with zero attached hydrogens (tertiary/aromatic N) is 2. The summed E-state index contributed by atoms with van der Waals surface area (Å²) in [7, 11) is 1.36. The maximum absolute atomic E-state index is 11.9. The summed E-state index contributed by atoms with van der Waals surface area (Å²) in [5.74, 6) is 0.875. The van der Waals surface area contributed by atoms with Gasteiger partial charge in [0.05, 0.1) is 12.7 Å². The number of esters is 1. The van der Waals surface area contributed by atoms with Gasteiger partial charge >= 0.3 is 5.97 Å². The highest BCUT2D eigenvalue weighted by Gasteiger charge is 2.17. The molecule has 2 aromatic rings. The molecule has 0 saturated carbocycles. The Bertz CT molecular complexity index is 617. The molecule has 0 saturated heterocycles. The number of benzene rings is 1. The van der Waals surface area contributed by atoms with Gasteiger partial charge in [-0.25, -0.2) is 9.78 Å². The zero-order valence-electron chi connectivity index (χ0n) is 12.0. The third-order valence-corrected chi connectivity index (χ3v) is 3.18. The van der Waals surface area contributed by atoms with Crippen LogP contribution in [0.4, 0.5) is 5.69 Å². The predicted octanol–water partition coefficient (Wildman–Crippen LogP) is 2.42. The quantitative estimate of drug-likeness (QED) is 0.686. The SMILES string of the molecule is COC(=O)c1c(N)cccc1Cn1ccnc1C(C)C. The second kappa shape index (κ2) is 5.77. The number of hydrogen-bond acceptors (Lipinski definition) is 4. The standard InChI is InChI=1S/C15H19N3O2/c1-10(2)14-17-7-8-18(14)9-11-5-4-6-12(16)13(11)15(19)20-3/h4-8,10H,9,16H2,1-3H3. The summed E-state index contributed by atoms with van der Waals surface area (Å²) in [6.07, 6.45) is 3.67. The summed E-state index contributed by atoms with van der Waals surface area (Å²) in [5, 5.41) is 0. The molecular weight excluding hydrogens is 254 g/mol. The van der Waals surface area contributed by atoms with E-state index in [0.29, 0.717) is 23.7 Å². The van der Waals surface area contributed by atoms with E-state index in [1.165, 1.54) is 7.11 Å². The van der Waals surface area contributed by atoms with Gasteiger partial charge in [0.15, 0.2) is 0 Å². The van der Waals surface area contributed by atoms with Crippen molar-refractivity contribution in [1.82, 2.24) is 9.55 Å². The number of carbonyl (C=O) groups is 1. The third kappa shape index (κ3) is 2.66. The lowest BCUT2D eigenvalue weighted by atomic mass is 10.1. The van der Waals surface area contributed by atoms with Crippen LogP contribution in [0.25, 0.3) is 0 Å². The lowest BCUT2D eigenvalue weighted by molar-refractivity contribution is 0.0600. The van der Waals surface area contributed by atoms with Crippen molar-refractivity contribution in [2.24, 2.45) is 0 Å². The number of methoxy groups -OCH3 is 1. The van der Waals surface area contributed by atoms with Crippen LogP contribution in [-0.4, -0.2) is 22.6 Å². The highest BCUT2D eigenvalue weighted by Crippen LogP contribution is 2.21. The van der Waals surface area contributed by atoms with E-state index in [-0.39, 0.29) is 0 Å². The molecule has 0 fully saturated rings. The smallest absolute Gasteiger partial charge is 0.340 e. The van der Waals surface area contributed by atoms with Gasteiger partial charge in [0.1, 0.15) is 5.82 Å². The first-order valence-electron chi connectivity index (χ1n) is 6.51. The fourth-order valence-electron chi connectivity index (χ4n) is 2.24. The first-order valence-corrected chi connectivity index (χ1v) is 6.51. The maximum Gasteiger partial charge on any atom is 0.340 e. The van der Waals surface area contributed by atoms with Gasteiger partial charge in [-0.15, -0.1) is 0 Å². The van der Waals surface area contributed by atoms with Crippen LogP contribution in [0.1, 0.15) is 41.5 Å². The molecule has 2 rings (SSSR count). The van der Waals surface area contributed by atoms with E-state index in [9.17, 15) is 4.79 Å². The van der Waals surface area contributed by atoms with Crippen LogP contribution >= 0.6 is 0 Å². The first kappa shape index (κ1) is 14.1. The minimum Gasteiger partial charge on any atom is -0.465 e. The van der Waals surface area contributed by atoms with Gasteiger partial charge in [0.2, 0.25) is 0 Å². The Morgan fingerprint density at radius 2 is 2.20 bits per heavy atom. The van der Waals surface area contributed by atoms with Gasteiger partial charge < -0.3 is 15.0 Å². The molecule has 0 aliphatic rings. The molecule has 5 nitrogen and oxygen atoms in total. The molecule has 0 atom stereocenters. The van der Waals surface area contributed by atoms with E-state index in [1.54, 1.807) is 12.3 Å². The molecule has 0 radical (unpaired) electrons. The molecule has 0 aliphatic heterocycles. The number of nitrogen functional groups attached to an aromatic ring is 1. The minimum atomic E-state index is -0.413. The molecular formula is C15H19N3O2.